The molecule has 1 atom stereocenters. The van der Waals surface area contributed by atoms with Crippen molar-refractivity contribution >= 4 is 17.5 Å². The van der Waals surface area contributed by atoms with Crippen LogP contribution in [-0.4, -0.2) is 41.0 Å². The Hall–Kier alpha value is -3.45. The number of carbonyl (C=O) groups excluding carboxylic acids is 1. The Balaban J connectivity index is 1.51. The van der Waals surface area contributed by atoms with E-state index >= 15 is 0 Å². The normalized spacial score (nSPS) is 16.5. The van der Waals surface area contributed by atoms with Gasteiger partial charge in [-0.2, -0.15) is 0 Å². The standard InChI is InChI=1S/C25H29N5O2/c1-17(31)28-21-9-5-18(6-10-21)15-30-13-3-4-20(16-30)24-23(14-27-25(26)29-24)19-7-11-22(32-2)12-8-19/h5-12,14,20H,3-4,13,15-16H2,1-2H3,(H,28,31)(H2,26,27,29)/t20-/m0/s1. The van der Waals surface area contributed by atoms with Gasteiger partial charge >= 0.3 is 0 Å². The second-order valence-corrected chi connectivity index (χ2v) is 8.21. The molecule has 1 aliphatic heterocycles. The van der Waals surface area contributed by atoms with E-state index in [9.17, 15) is 4.79 Å². The first-order valence-corrected chi connectivity index (χ1v) is 10.9. The van der Waals surface area contributed by atoms with E-state index in [2.05, 4.69) is 32.3 Å². The smallest absolute Gasteiger partial charge is 0.221 e. The summed E-state index contributed by atoms with van der Waals surface area (Å²) in [4.78, 5) is 22.6. The second-order valence-electron chi connectivity index (χ2n) is 8.21. The number of amides is 1. The third-order valence-corrected chi connectivity index (χ3v) is 5.81. The number of nitrogens with one attached hydrogen (secondary N) is 1. The number of nitrogen functional groups attached to an aromatic ring is 1. The zero-order chi connectivity index (χ0) is 22.5. The summed E-state index contributed by atoms with van der Waals surface area (Å²) >= 11 is 0. The molecule has 3 N–H and O–H groups in total. The topological polar surface area (TPSA) is 93.4 Å². The minimum absolute atomic E-state index is 0.0617. The molecule has 166 valence electrons. The lowest BCUT2D eigenvalue weighted by molar-refractivity contribution is -0.114. The van der Waals surface area contributed by atoms with Crippen molar-refractivity contribution in [3.63, 3.8) is 0 Å². The van der Waals surface area contributed by atoms with Crippen LogP contribution in [-0.2, 0) is 11.3 Å². The highest BCUT2D eigenvalue weighted by Gasteiger charge is 2.25. The molecule has 1 amide bonds. The summed E-state index contributed by atoms with van der Waals surface area (Å²) in [6, 6.07) is 16.0. The second kappa shape index (κ2) is 9.78. The van der Waals surface area contributed by atoms with Gasteiger partial charge in [0.2, 0.25) is 11.9 Å². The van der Waals surface area contributed by atoms with E-state index < -0.39 is 0 Å². The van der Waals surface area contributed by atoms with Gasteiger partial charge in [0.25, 0.3) is 0 Å². The molecule has 4 rings (SSSR count). The summed E-state index contributed by atoms with van der Waals surface area (Å²) in [5.74, 6) is 1.35. The third-order valence-electron chi connectivity index (χ3n) is 5.81. The van der Waals surface area contributed by atoms with Crippen molar-refractivity contribution in [3.05, 3.63) is 66.0 Å². The summed E-state index contributed by atoms with van der Waals surface area (Å²) in [5, 5.41) is 2.81. The Morgan fingerprint density at radius 2 is 1.94 bits per heavy atom. The zero-order valence-electron chi connectivity index (χ0n) is 18.5. The van der Waals surface area contributed by atoms with Crippen LogP contribution < -0.4 is 15.8 Å². The van der Waals surface area contributed by atoms with Crippen LogP contribution in [0.5, 0.6) is 5.75 Å². The van der Waals surface area contributed by atoms with Crippen LogP contribution >= 0.6 is 0 Å². The molecule has 0 spiro atoms. The van der Waals surface area contributed by atoms with Crippen molar-refractivity contribution in [3.8, 4) is 16.9 Å². The maximum absolute atomic E-state index is 11.2. The number of rotatable bonds is 6. The van der Waals surface area contributed by atoms with Crippen molar-refractivity contribution in [2.75, 3.05) is 31.2 Å². The molecule has 0 aliphatic carbocycles. The van der Waals surface area contributed by atoms with Crippen LogP contribution in [0.1, 0.15) is 36.9 Å². The molecule has 32 heavy (non-hydrogen) atoms. The van der Waals surface area contributed by atoms with Crippen LogP contribution in [0.4, 0.5) is 11.6 Å². The number of ether oxygens (including phenoxy) is 1. The van der Waals surface area contributed by atoms with Gasteiger partial charge in [-0.25, -0.2) is 9.97 Å². The van der Waals surface area contributed by atoms with Crippen molar-refractivity contribution in [1.29, 1.82) is 0 Å². The molecule has 7 heteroatoms. The summed E-state index contributed by atoms with van der Waals surface area (Å²) in [6.45, 7) is 4.33. The lowest BCUT2D eigenvalue weighted by Gasteiger charge is -2.33. The minimum atomic E-state index is -0.0617. The first-order valence-electron chi connectivity index (χ1n) is 10.9. The number of benzene rings is 2. The van der Waals surface area contributed by atoms with Gasteiger partial charge < -0.3 is 15.8 Å². The van der Waals surface area contributed by atoms with E-state index in [1.807, 2.05) is 42.6 Å². The Bertz CT molecular complexity index is 1070. The van der Waals surface area contributed by atoms with Gasteiger partial charge in [0.05, 0.1) is 12.8 Å². The van der Waals surface area contributed by atoms with Gasteiger partial charge in [-0.15, -0.1) is 0 Å². The lowest BCUT2D eigenvalue weighted by Crippen LogP contribution is -2.34. The van der Waals surface area contributed by atoms with Crippen molar-refractivity contribution in [2.24, 2.45) is 0 Å². The van der Waals surface area contributed by atoms with Crippen molar-refractivity contribution in [1.82, 2.24) is 14.9 Å². The molecule has 1 saturated heterocycles. The summed E-state index contributed by atoms with van der Waals surface area (Å²) in [5.41, 5.74) is 11.1. The fourth-order valence-corrected chi connectivity index (χ4v) is 4.29. The van der Waals surface area contributed by atoms with E-state index in [1.54, 1.807) is 7.11 Å². The maximum Gasteiger partial charge on any atom is 0.221 e. The Labute approximate surface area is 188 Å². The molecule has 1 fully saturated rings. The molecule has 1 aliphatic rings. The van der Waals surface area contributed by atoms with Gasteiger partial charge in [-0.1, -0.05) is 24.3 Å². The summed E-state index contributed by atoms with van der Waals surface area (Å²) < 4.78 is 5.29. The number of nitrogens with two attached hydrogens (primary N) is 1. The molecule has 0 saturated carbocycles. The minimum Gasteiger partial charge on any atom is -0.497 e. The molecule has 2 heterocycles. The zero-order valence-corrected chi connectivity index (χ0v) is 18.5. The number of carbonyl (C=O) groups is 1. The van der Waals surface area contributed by atoms with Crippen molar-refractivity contribution in [2.45, 2.75) is 32.2 Å². The number of aromatic nitrogens is 2. The molecule has 1 aromatic heterocycles. The average molecular weight is 432 g/mol. The fourth-order valence-electron chi connectivity index (χ4n) is 4.29. The molecular weight excluding hydrogens is 402 g/mol. The molecule has 0 bridgehead atoms. The van der Waals surface area contributed by atoms with Gasteiger partial charge in [0.1, 0.15) is 5.75 Å². The van der Waals surface area contributed by atoms with Crippen LogP contribution in [0.2, 0.25) is 0 Å². The number of piperidine rings is 1. The van der Waals surface area contributed by atoms with Crippen LogP contribution in [0, 0.1) is 0 Å². The van der Waals surface area contributed by atoms with Gasteiger partial charge in [-0.05, 0) is 54.8 Å². The van der Waals surface area contributed by atoms with Gasteiger partial charge in [0, 0.05) is 43.4 Å². The SMILES string of the molecule is COc1ccc(-c2cnc(N)nc2[C@H]2CCCN(Cc3ccc(NC(C)=O)cc3)C2)cc1. The molecule has 7 nitrogen and oxygen atoms in total. The van der Waals surface area contributed by atoms with E-state index in [4.69, 9.17) is 10.5 Å². The van der Waals surface area contributed by atoms with E-state index in [1.165, 1.54) is 12.5 Å². The number of anilines is 2. The highest BCUT2D eigenvalue weighted by atomic mass is 16.5. The van der Waals surface area contributed by atoms with E-state index in [-0.39, 0.29) is 11.8 Å². The molecule has 0 unspecified atom stereocenters. The number of hydrogen-bond acceptors (Lipinski definition) is 6. The van der Waals surface area contributed by atoms with Crippen LogP contribution in [0.3, 0.4) is 0 Å². The Morgan fingerprint density at radius 1 is 1.19 bits per heavy atom. The predicted octanol–water partition coefficient (Wildman–Crippen LogP) is 4.07. The highest BCUT2D eigenvalue weighted by molar-refractivity contribution is 5.88. The summed E-state index contributed by atoms with van der Waals surface area (Å²) in [7, 11) is 1.66. The molecule has 0 radical (unpaired) electrons. The maximum atomic E-state index is 11.2. The quantitative estimate of drug-likeness (QED) is 0.611. The Morgan fingerprint density at radius 3 is 2.62 bits per heavy atom. The summed E-state index contributed by atoms with van der Waals surface area (Å²) in [6.07, 6.45) is 4.00. The Kier molecular flexibility index (Phi) is 6.66. The largest absolute Gasteiger partial charge is 0.497 e. The van der Waals surface area contributed by atoms with E-state index in [0.29, 0.717) is 5.95 Å². The van der Waals surface area contributed by atoms with Crippen LogP contribution in [0.15, 0.2) is 54.7 Å². The van der Waals surface area contributed by atoms with Crippen molar-refractivity contribution < 1.29 is 9.53 Å². The third kappa shape index (κ3) is 5.23. The van der Waals surface area contributed by atoms with Gasteiger partial charge in [0.15, 0.2) is 0 Å². The monoisotopic (exact) mass is 431 g/mol. The highest BCUT2D eigenvalue weighted by Crippen LogP contribution is 2.34. The predicted molar refractivity (Wildman–Crippen MR) is 126 cm³/mol. The number of methoxy groups -OCH3 is 1. The van der Waals surface area contributed by atoms with Gasteiger partial charge in [-0.3, -0.25) is 9.69 Å². The fraction of sp³-hybridized carbons (Fsp3) is 0.320. The molecule has 2 aromatic carbocycles. The van der Waals surface area contributed by atoms with Crippen LogP contribution in [0.25, 0.3) is 11.1 Å². The number of nitrogens with zero attached hydrogens (tertiary/aromatic N) is 3. The first kappa shape index (κ1) is 21.8. The lowest BCUT2D eigenvalue weighted by atomic mass is 9.89. The number of likely N-dealkylation sites (tertiary alicyclic amines) is 1. The first-order chi connectivity index (χ1) is 15.5. The molecular formula is C25H29N5O2. The van der Waals surface area contributed by atoms with E-state index in [0.717, 1.165) is 60.7 Å². The number of hydrogen-bond donors (Lipinski definition) is 2. The average Bonchev–Trinajstić information content (AvgIpc) is 2.80. The molecule has 3 aromatic rings.